The van der Waals surface area contributed by atoms with Crippen molar-refractivity contribution in [3.05, 3.63) is 16.4 Å². The number of aryl methyl sites for hydroxylation is 2. The van der Waals surface area contributed by atoms with Crippen LogP contribution >= 0.6 is 11.6 Å². The average Bonchev–Trinajstić information content (AvgIpc) is 2.66. The van der Waals surface area contributed by atoms with Crippen molar-refractivity contribution in [3.63, 3.8) is 0 Å². The summed E-state index contributed by atoms with van der Waals surface area (Å²) in [5.74, 6) is 0. The van der Waals surface area contributed by atoms with Gasteiger partial charge < -0.3 is 10.5 Å². The Bertz CT molecular complexity index is 425. The molecule has 5 heteroatoms. The molecule has 1 aliphatic carbocycles. The van der Waals surface area contributed by atoms with Gasteiger partial charge in [-0.05, 0) is 19.3 Å². The highest BCUT2D eigenvalue weighted by Crippen LogP contribution is 2.27. The van der Waals surface area contributed by atoms with E-state index in [9.17, 15) is 0 Å². The normalized spacial score (nSPS) is 18.7. The lowest BCUT2D eigenvalue weighted by Crippen LogP contribution is -2.46. The molecule has 0 unspecified atom stereocenters. The monoisotopic (exact) mass is 285 g/mol. The molecular weight excluding hydrogens is 262 g/mol. The van der Waals surface area contributed by atoms with Crippen molar-refractivity contribution in [2.75, 3.05) is 6.61 Å². The van der Waals surface area contributed by atoms with Crippen molar-refractivity contribution in [3.8, 4) is 0 Å². The van der Waals surface area contributed by atoms with Crippen LogP contribution in [0.1, 0.15) is 50.4 Å². The maximum absolute atomic E-state index is 6.35. The fourth-order valence-electron chi connectivity index (χ4n) is 2.73. The van der Waals surface area contributed by atoms with Gasteiger partial charge in [0.05, 0.1) is 29.6 Å². The van der Waals surface area contributed by atoms with Crippen molar-refractivity contribution < 1.29 is 4.74 Å². The number of nitrogens with zero attached hydrogens (tertiary/aromatic N) is 2. The van der Waals surface area contributed by atoms with Gasteiger partial charge in [0.1, 0.15) is 0 Å². The Labute approximate surface area is 120 Å². The Hall–Kier alpha value is -0.580. The molecule has 0 aromatic carbocycles. The minimum Gasteiger partial charge on any atom is -0.373 e. The predicted molar refractivity (Wildman–Crippen MR) is 77.3 cm³/mol. The second-order valence-corrected chi connectivity index (χ2v) is 5.98. The van der Waals surface area contributed by atoms with E-state index in [0.29, 0.717) is 13.2 Å². The zero-order valence-corrected chi connectivity index (χ0v) is 12.7. The molecule has 1 saturated carbocycles. The van der Waals surface area contributed by atoms with Crippen LogP contribution < -0.4 is 5.73 Å². The topological polar surface area (TPSA) is 53.1 Å². The first-order chi connectivity index (χ1) is 9.06. The number of nitrogens with two attached hydrogens (primary N) is 1. The molecule has 19 heavy (non-hydrogen) atoms. The largest absolute Gasteiger partial charge is 0.373 e. The van der Waals surface area contributed by atoms with Crippen molar-refractivity contribution >= 4 is 11.6 Å². The molecule has 4 nitrogen and oxygen atoms in total. The number of hydrogen-bond acceptors (Lipinski definition) is 3. The van der Waals surface area contributed by atoms with Crippen molar-refractivity contribution in [2.45, 2.75) is 57.6 Å². The molecule has 0 radical (unpaired) electrons. The van der Waals surface area contributed by atoms with Gasteiger partial charge in [-0.25, -0.2) is 0 Å². The number of aromatic nitrogens is 2. The molecule has 0 bridgehead atoms. The second kappa shape index (κ2) is 6.25. The Kier molecular flexibility index (Phi) is 4.87. The predicted octanol–water partition coefficient (Wildman–Crippen LogP) is 2.81. The third kappa shape index (κ3) is 3.50. The molecule has 2 N–H and O–H groups in total. The lowest BCUT2D eigenvalue weighted by atomic mass is 9.83. The lowest BCUT2D eigenvalue weighted by Gasteiger charge is -2.33. The molecular formula is C14H24ClN3O. The smallest absolute Gasteiger partial charge is 0.0900 e. The summed E-state index contributed by atoms with van der Waals surface area (Å²) < 4.78 is 7.62. The standard InChI is InChI=1S/C14H24ClN3O/c1-3-11-13(15)12(18(2)17-11)9-19-10-14(16)7-5-4-6-8-14/h3-10,16H2,1-2H3. The van der Waals surface area contributed by atoms with E-state index in [1.54, 1.807) is 0 Å². The van der Waals surface area contributed by atoms with Crippen LogP contribution in [-0.4, -0.2) is 21.9 Å². The third-order valence-electron chi connectivity index (χ3n) is 3.98. The van der Waals surface area contributed by atoms with Crippen LogP contribution in [0.15, 0.2) is 0 Å². The van der Waals surface area contributed by atoms with E-state index in [1.165, 1.54) is 19.3 Å². The Balaban J connectivity index is 1.90. The van der Waals surface area contributed by atoms with E-state index in [-0.39, 0.29) is 5.54 Å². The van der Waals surface area contributed by atoms with Gasteiger partial charge in [0.15, 0.2) is 0 Å². The van der Waals surface area contributed by atoms with E-state index in [1.807, 2.05) is 11.7 Å². The molecule has 0 atom stereocenters. The van der Waals surface area contributed by atoms with Crippen molar-refractivity contribution in [1.29, 1.82) is 0 Å². The SMILES string of the molecule is CCc1nn(C)c(COCC2(N)CCCCC2)c1Cl. The van der Waals surface area contributed by atoms with Gasteiger partial charge in [0.2, 0.25) is 0 Å². The van der Waals surface area contributed by atoms with Crippen LogP contribution in [0.2, 0.25) is 5.02 Å². The summed E-state index contributed by atoms with van der Waals surface area (Å²) in [7, 11) is 1.91. The number of ether oxygens (including phenoxy) is 1. The summed E-state index contributed by atoms with van der Waals surface area (Å²) in [5.41, 5.74) is 8.08. The highest BCUT2D eigenvalue weighted by Gasteiger charge is 2.27. The van der Waals surface area contributed by atoms with Crippen LogP contribution in [0.5, 0.6) is 0 Å². The van der Waals surface area contributed by atoms with Gasteiger partial charge in [0.25, 0.3) is 0 Å². The third-order valence-corrected chi connectivity index (χ3v) is 4.42. The first-order valence-corrected chi connectivity index (χ1v) is 7.50. The molecule has 1 fully saturated rings. The molecule has 1 aromatic heterocycles. The molecule has 108 valence electrons. The highest BCUT2D eigenvalue weighted by atomic mass is 35.5. The minimum absolute atomic E-state index is 0.142. The Morgan fingerprint density at radius 1 is 1.37 bits per heavy atom. The van der Waals surface area contributed by atoms with Gasteiger partial charge in [-0.2, -0.15) is 5.10 Å². The molecule has 0 amide bonds. The molecule has 0 aliphatic heterocycles. The van der Waals surface area contributed by atoms with Crippen LogP contribution in [0.4, 0.5) is 0 Å². The summed E-state index contributed by atoms with van der Waals surface area (Å²) in [5, 5.41) is 5.12. The summed E-state index contributed by atoms with van der Waals surface area (Å²) >= 11 is 6.29. The van der Waals surface area contributed by atoms with E-state index >= 15 is 0 Å². The van der Waals surface area contributed by atoms with Crippen molar-refractivity contribution in [2.24, 2.45) is 12.8 Å². The Morgan fingerprint density at radius 2 is 2.05 bits per heavy atom. The van der Waals surface area contributed by atoms with E-state index in [4.69, 9.17) is 22.1 Å². The first kappa shape index (κ1) is 14.8. The molecule has 0 spiro atoms. The van der Waals surface area contributed by atoms with Crippen LogP contribution in [-0.2, 0) is 24.8 Å². The first-order valence-electron chi connectivity index (χ1n) is 7.12. The summed E-state index contributed by atoms with van der Waals surface area (Å²) in [6, 6.07) is 0. The minimum atomic E-state index is -0.142. The van der Waals surface area contributed by atoms with Gasteiger partial charge >= 0.3 is 0 Å². The van der Waals surface area contributed by atoms with Gasteiger partial charge in [-0.1, -0.05) is 37.8 Å². The average molecular weight is 286 g/mol. The quantitative estimate of drug-likeness (QED) is 0.905. The molecule has 1 aliphatic rings. The van der Waals surface area contributed by atoms with E-state index in [2.05, 4.69) is 12.0 Å². The molecule has 0 saturated heterocycles. The van der Waals surface area contributed by atoms with Gasteiger partial charge in [-0.15, -0.1) is 0 Å². The van der Waals surface area contributed by atoms with Crippen LogP contribution in [0.3, 0.4) is 0 Å². The second-order valence-electron chi connectivity index (χ2n) is 5.60. The maximum atomic E-state index is 6.35. The van der Waals surface area contributed by atoms with E-state index in [0.717, 1.165) is 35.7 Å². The van der Waals surface area contributed by atoms with Crippen LogP contribution in [0.25, 0.3) is 0 Å². The number of rotatable bonds is 5. The van der Waals surface area contributed by atoms with Gasteiger partial charge in [0, 0.05) is 12.6 Å². The maximum Gasteiger partial charge on any atom is 0.0900 e. The number of halogens is 1. The lowest BCUT2D eigenvalue weighted by molar-refractivity contribution is 0.0543. The van der Waals surface area contributed by atoms with Gasteiger partial charge in [-0.3, -0.25) is 4.68 Å². The Morgan fingerprint density at radius 3 is 2.63 bits per heavy atom. The summed E-state index contributed by atoms with van der Waals surface area (Å²) in [6.45, 7) is 3.15. The van der Waals surface area contributed by atoms with Crippen LogP contribution in [0, 0.1) is 0 Å². The molecule has 1 aromatic rings. The summed E-state index contributed by atoms with van der Waals surface area (Å²) in [4.78, 5) is 0. The molecule has 2 rings (SSSR count). The fourth-order valence-corrected chi connectivity index (χ4v) is 3.08. The fraction of sp³-hybridized carbons (Fsp3) is 0.786. The molecule has 1 heterocycles. The highest BCUT2D eigenvalue weighted by molar-refractivity contribution is 6.31. The summed E-state index contributed by atoms with van der Waals surface area (Å²) in [6.07, 6.45) is 6.69. The number of hydrogen-bond donors (Lipinski definition) is 1. The zero-order valence-electron chi connectivity index (χ0n) is 11.9. The zero-order chi connectivity index (χ0) is 13.9. The van der Waals surface area contributed by atoms with E-state index < -0.39 is 0 Å². The van der Waals surface area contributed by atoms with Crippen molar-refractivity contribution in [1.82, 2.24) is 9.78 Å².